The molecule has 166 valence electrons. The molecule has 0 aliphatic carbocycles. The number of ether oxygens (including phenoxy) is 2. The van der Waals surface area contributed by atoms with Gasteiger partial charge in [-0.1, -0.05) is 42.0 Å². The molecule has 2 aliphatic rings. The maximum absolute atomic E-state index is 13.7. The van der Waals surface area contributed by atoms with Gasteiger partial charge in [0.2, 0.25) is 0 Å². The van der Waals surface area contributed by atoms with Crippen LogP contribution in [0.5, 0.6) is 0 Å². The van der Waals surface area contributed by atoms with Crippen LogP contribution in [0.2, 0.25) is 0 Å². The zero-order chi connectivity index (χ0) is 22.1. The lowest BCUT2D eigenvalue weighted by Crippen LogP contribution is -2.41. The number of carbonyl (C=O) groups is 1. The van der Waals surface area contributed by atoms with E-state index in [9.17, 15) is 4.79 Å². The number of benzene rings is 2. The minimum atomic E-state index is -0.112. The first-order chi connectivity index (χ1) is 15.6. The summed E-state index contributed by atoms with van der Waals surface area (Å²) in [6, 6.07) is 16.2. The number of piperidine rings is 1. The van der Waals surface area contributed by atoms with E-state index in [2.05, 4.69) is 32.0 Å². The standard InChI is InChI=1S/C26H29N3O3/c1-18-8-9-22(19(2)16-18)24-23(17-29(27-24)21-6-4-3-5-7-21)25(30)28-12-10-20(11-13-28)26-31-14-15-32-26/h3-9,16-17,20,26H,10-15H2,1-2H3. The van der Waals surface area contributed by atoms with Crippen molar-refractivity contribution < 1.29 is 14.3 Å². The third-order valence-electron chi connectivity index (χ3n) is 6.46. The maximum Gasteiger partial charge on any atom is 0.257 e. The molecule has 32 heavy (non-hydrogen) atoms. The highest BCUT2D eigenvalue weighted by Crippen LogP contribution is 2.31. The van der Waals surface area contributed by atoms with E-state index in [4.69, 9.17) is 14.6 Å². The Kier molecular flexibility index (Phi) is 5.81. The minimum absolute atomic E-state index is 0.0360. The number of carbonyl (C=O) groups excluding carboxylic acids is 1. The van der Waals surface area contributed by atoms with Crippen LogP contribution in [0.15, 0.2) is 54.7 Å². The molecule has 6 heteroatoms. The second-order valence-corrected chi connectivity index (χ2v) is 8.73. The smallest absolute Gasteiger partial charge is 0.257 e. The van der Waals surface area contributed by atoms with Crippen molar-refractivity contribution in [2.45, 2.75) is 33.0 Å². The third-order valence-corrected chi connectivity index (χ3v) is 6.46. The molecule has 0 atom stereocenters. The highest BCUT2D eigenvalue weighted by atomic mass is 16.7. The molecule has 1 amide bonds. The van der Waals surface area contributed by atoms with Crippen LogP contribution in [-0.2, 0) is 9.47 Å². The van der Waals surface area contributed by atoms with E-state index in [0.29, 0.717) is 37.8 Å². The van der Waals surface area contributed by atoms with Crippen molar-refractivity contribution >= 4 is 5.91 Å². The molecule has 0 N–H and O–H groups in total. The van der Waals surface area contributed by atoms with E-state index >= 15 is 0 Å². The van der Waals surface area contributed by atoms with Crippen LogP contribution in [0.25, 0.3) is 16.9 Å². The summed E-state index contributed by atoms with van der Waals surface area (Å²) in [4.78, 5) is 15.6. The summed E-state index contributed by atoms with van der Waals surface area (Å²) < 4.78 is 13.2. The van der Waals surface area contributed by atoms with Gasteiger partial charge in [-0.3, -0.25) is 4.79 Å². The maximum atomic E-state index is 13.7. The molecule has 2 aliphatic heterocycles. The number of rotatable bonds is 4. The Morgan fingerprint density at radius 1 is 1.00 bits per heavy atom. The van der Waals surface area contributed by atoms with Crippen LogP contribution in [0.3, 0.4) is 0 Å². The topological polar surface area (TPSA) is 56.6 Å². The van der Waals surface area contributed by atoms with E-state index < -0.39 is 0 Å². The summed E-state index contributed by atoms with van der Waals surface area (Å²) in [5.74, 6) is 0.390. The third kappa shape index (κ3) is 4.08. The van der Waals surface area contributed by atoms with E-state index in [-0.39, 0.29) is 12.2 Å². The van der Waals surface area contributed by atoms with Crippen molar-refractivity contribution in [1.82, 2.24) is 14.7 Å². The number of para-hydroxylation sites is 1. The van der Waals surface area contributed by atoms with Gasteiger partial charge in [-0.05, 0) is 44.4 Å². The first kappa shape index (κ1) is 20.9. The van der Waals surface area contributed by atoms with Crippen molar-refractivity contribution in [2.24, 2.45) is 5.92 Å². The summed E-state index contributed by atoms with van der Waals surface area (Å²) in [6.07, 6.45) is 3.55. The molecule has 3 heterocycles. The number of aryl methyl sites for hydroxylation is 2. The molecule has 0 bridgehead atoms. The molecular weight excluding hydrogens is 402 g/mol. The Morgan fingerprint density at radius 3 is 2.41 bits per heavy atom. The number of amides is 1. The lowest BCUT2D eigenvalue weighted by molar-refractivity contribution is -0.0956. The second kappa shape index (κ2) is 8.88. The highest BCUT2D eigenvalue weighted by Gasteiger charge is 2.33. The first-order valence-corrected chi connectivity index (χ1v) is 11.4. The Morgan fingerprint density at radius 2 is 1.72 bits per heavy atom. The predicted molar refractivity (Wildman–Crippen MR) is 123 cm³/mol. The average molecular weight is 432 g/mol. The van der Waals surface area contributed by atoms with Gasteiger partial charge in [0.25, 0.3) is 5.91 Å². The molecule has 2 fully saturated rings. The molecule has 0 spiro atoms. The lowest BCUT2D eigenvalue weighted by Gasteiger charge is -2.33. The van der Waals surface area contributed by atoms with Crippen molar-refractivity contribution in [1.29, 1.82) is 0 Å². The van der Waals surface area contributed by atoms with E-state index in [0.717, 1.165) is 35.3 Å². The van der Waals surface area contributed by atoms with Gasteiger partial charge in [-0.25, -0.2) is 4.68 Å². The highest BCUT2D eigenvalue weighted by molar-refractivity contribution is 6.00. The molecule has 3 aromatic rings. The summed E-state index contributed by atoms with van der Waals surface area (Å²) >= 11 is 0. The van der Waals surface area contributed by atoms with Crippen LogP contribution < -0.4 is 0 Å². The largest absolute Gasteiger partial charge is 0.350 e. The molecule has 0 unspecified atom stereocenters. The van der Waals surface area contributed by atoms with Crippen LogP contribution in [-0.4, -0.2) is 53.2 Å². The molecule has 0 radical (unpaired) electrons. The summed E-state index contributed by atoms with van der Waals surface area (Å²) in [6.45, 7) is 6.90. The Balaban J connectivity index is 1.45. The number of hydrogen-bond acceptors (Lipinski definition) is 4. The van der Waals surface area contributed by atoms with Gasteiger partial charge in [-0.2, -0.15) is 5.10 Å². The number of aromatic nitrogens is 2. The second-order valence-electron chi connectivity index (χ2n) is 8.73. The van der Waals surface area contributed by atoms with Crippen LogP contribution in [0, 0.1) is 19.8 Å². The van der Waals surface area contributed by atoms with Gasteiger partial charge in [0.15, 0.2) is 6.29 Å². The van der Waals surface area contributed by atoms with E-state index in [1.807, 2.05) is 46.1 Å². The van der Waals surface area contributed by atoms with E-state index in [1.54, 1.807) is 0 Å². The number of likely N-dealkylation sites (tertiary alicyclic amines) is 1. The van der Waals surface area contributed by atoms with Crippen LogP contribution >= 0.6 is 0 Å². The zero-order valence-electron chi connectivity index (χ0n) is 18.7. The van der Waals surface area contributed by atoms with Gasteiger partial charge >= 0.3 is 0 Å². The molecular formula is C26H29N3O3. The van der Waals surface area contributed by atoms with Crippen molar-refractivity contribution in [3.63, 3.8) is 0 Å². The Labute approximate surface area is 188 Å². The normalized spacial score (nSPS) is 17.8. The fraction of sp³-hybridized carbons (Fsp3) is 0.385. The number of hydrogen-bond donors (Lipinski definition) is 0. The zero-order valence-corrected chi connectivity index (χ0v) is 18.7. The van der Waals surface area contributed by atoms with Crippen LogP contribution in [0.1, 0.15) is 34.3 Å². The van der Waals surface area contributed by atoms with Gasteiger partial charge in [0, 0.05) is 30.8 Å². The lowest BCUT2D eigenvalue weighted by atomic mass is 9.95. The molecule has 1 aromatic heterocycles. The SMILES string of the molecule is Cc1ccc(-c2nn(-c3ccccc3)cc2C(=O)N2CCC(C3OCCO3)CC2)c(C)c1. The molecule has 5 rings (SSSR count). The van der Waals surface area contributed by atoms with Gasteiger partial charge in [0.1, 0.15) is 5.69 Å². The average Bonchev–Trinajstić information content (AvgIpc) is 3.50. The Bertz CT molecular complexity index is 1090. The van der Waals surface area contributed by atoms with E-state index in [1.165, 1.54) is 5.56 Å². The molecule has 6 nitrogen and oxygen atoms in total. The fourth-order valence-corrected chi connectivity index (χ4v) is 4.72. The van der Waals surface area contributed by atoms with Crippen molar-refractivity contribution in [3.8, 4) is 16.9 Å². The van der Waals surface area contributed by atoms with Gasteiger partial charge in [-0.15, -0.1) is 0 Å². The van der Waals surface area contributed by atoms with Crippen LogP contribution in [0.4, 0.5) is 0 Å². The van der Waals surface area contributed by atoms with Crippen molar-refractivity contribution in [3.05, 3.63) is 71.4 Å². The number of nitrogens with zero attached hydrogens (tertiary/aromatic N) is 3. The summed E-state index contributed by atoms with van der Waals surface area (Å²) in [7, 11) is 0. The predicted octanol–water partition coefficient (Wildman–Crippen LogP) is 4.38. The summed E-state index contributed by atoms with van der Waals surface area (Å²) in [5.41, 5.74) is 5.63. The summed E-state index contributed by atoms with van der Waals surface area (Å²) in [5, 5.41) is 4.86. The Hall–Kier alpha value is -2.96. The molecule has 2 aromatic carbocycles. The molecule has 2 saturated heterocycles. The minimum Gasteiger partial charge on any atom is -0.350 e. The van der Waals surface area contributed by atoms with Gasteiger partial charge < -0.3 is 14.4 Å². The fourth-order valence-electron chi connectivity index (χ4n) is 4.72. The first-order valence-electron chi connectivity index (χ1n) is 11.4. The monoisotopic (exact) mass is 431 g/mol. The molecule has 0 saturated carbocycles. The quantitative estimate of drug-likeness (QED) is 0.615. The van der Waals surface area contributed by atoms with Crippen molar-refractivity contribution in [2.75, 3.05) is 26.3 Å². The van der Waals surface area contributed by atoms with Gasteiger partial charge in [0.05, 0.1) is 24.5 Å².